The highest BCUT2D eigenvalue weighted by Crippen LogP contribution is 2.22. The van der Waals surface area contributed by atoms with Crippen LogP contribution in [0.1, 0.15) is 10.4 Å². The highest BCUT2D eigenvalue weighted by Gasteiger charge is 2.12. The molecule has 5 heteroatoms. The van der Waals surface area contributed by atoms with E-state index < -0.39 is 5.97 Å². The predicted molar refractivity (Wildman–Crippen MR) is 72.1 cm³/mol. The molecule has 98 valence electrons. The summed E-state index contributed by atoms with van der Waals surface area (Å²) in [7, 11) is 0. The van der Waals surface area contributed by atoms with E-state index in [1.54, 1.807) is 12.1 Å². The van der Waals surface area contributed by atoms with E-state index in [-0.39, 0.29) is 5.56 Å². The van der Waals surface area contributed by atoms with Crippen LogP contribution < -0.4 is 0 Å². The highest BCUT2D eigenvalue weighted by atomic mass is 16.5. The maximum atomic E-state index is 10.9. The molecular formula is C15H10N2O3. The van der Waals surface area contributed by atoms with Crippen molar-refractivity contribution in [1.82, 2.24) is 10.1 Å². The lowest BCUT2D eigenvalue weighted by molar-refractivity contribution is 0.0697. The molecule has 3 rings (SSSR count). The molecule has 0 fully saturated rings. The molecule has 1 N–H and O–H groups in total. The summed E-state index contributed by atoms with van der Waals surface area (Å²) >= 11 is 0. The molecule has 0 saturated carbocycles. The van der Waals surface area contributed by atoms with Gasteiger partial charge in [0.2, 0.25) is 5.82 Å². The van der Waals surface area contributed by atoms with Crippen molar-refractivity contribution in [3.8, 4) is 22.8 Å². The summed E-state index contributed by atoms with van der Waals surface area (Å²) in [6.07, 6.45) is 0. The van der Waals surface area contributed by atoms with E-state index in [0.717, 1.165) is 5.56 Å². The van der Waals surface area contributed by atoms with Gasteiger partial charge >= 0.3 is 5.97 Å². The van der Waals surface area contributed by atoms with Gasteiger partial charge in [0.05, 0.1) is 5.56 Å². The Balaban J connectivity index is 1.98. The fraction of sp³-hybridized carbons (Fsp3) is 0. The minimum atomic E-state index is -0.987. The van der Waals surface area contributed by atoms with E-state index >= 15 is 0 Å². The molecule has 0 aliphatic rings. The van der Waals surface area contributed by atoms with Gasteiger partial charge in [0.1, 0.15) is 0 Å². The number of aromatic carboxylic acids is 1. The van der Waals surface area contributed by atoms with Crippen LogP contribution >= 0.6 is 0 Å². The maximum Gasteiger partial charge on any atom is 0.335 e. The van der Waals surface area contributed by atoms with Crippen molar-refractivity contribution in [3.05, 3.63) is 60.2 Å². The van der Waals surface area contributed by atoms with Crippen molar-refractivity contribution in [3.63, 3.8) is 0 Å². The molecule has 0 amide bonds. The topological polar surface area (TPSA) is 76.2 Å². The molecule has 0 saturated heterocycles. The van der Waals surface area contributed by atoms with Gasteiger partial charge in [0.25, 0.3) is 5.89 Å². The Hall–Kier alpha value is -2.95. The van der Waals surface area contributed by atoms with Crippen molar-refractivity contribution >= 4 is 5.97 Å². The molecule has 0 atom stereocenters. The number of carboxylic acid groups (broad SMARTS) is 1. The molecule has 0 radical (unpaired) electrons. The maximum absolute atomic E-state index is 10.9. The smallest absolute Gasteiger partial charge is 0.335 e. The van der Waals surface area contributed by atoms with Crippen molar-refractivity contribution in [1.29, 1.82) is 0 Å². The van der Waals surface area contributed by atoms with Gasteiger partial charge in [0.15, 0.2) is 0 Å². The fourth-order valence-electron chi connectivity index (χ4n) is 1.83. The molecule has 0 aliphatic heterocycles. The lowest BCUT2D eigenvalue weighted by Gasteiger charge is -1.96. The molecule has 1 heterocycles. The quantitative estimate of drug-likeness (QED) is 0.788. The first-order valence-corrected chi connectivity index (χ1v) is 5.97. The van der Waals surface area contributed by atoms with Crippen LogP contribution in [-0.2, 0) is 0 Å². The second kappa shape index (κ2) is 4.97. The van der Waals surface area contributed by atoms with Gasteiger partial charge in [-0.25, -0.2) is 4.79 Å². The fourth-order valence-corrected chi connectivity index (χ4v) is 1.83. The Morgan fingerprint density at radius 2 is 1.75 bits per heavy atom. The molecule has 0 spiro atoms. The van der Waals surface area contributed by atoms with Crippen LogP contribution in [0.25, 0.3) is 22.8 Å². The van der Waals surface area contributed by atoms with Crippen molar-refractivity contribution in [2.24, 2.45) is 0 Å². The molecule has 0 aliphatic carbocycles. The zero-order valence-corrected chi connectivity index (χ0v) is 10.4. The molecule has 0 bridgehead atoms. The number of nitrogens with zero attached hydrogens (tertiary/aromatic N) is 2. The minimum absolute atomic E-state index is 0.188. The zero-order chi connectivity index (χ0) is 13.9. The summed E-state index contributed by atoms with van der Waals surface area (Å²) in [5.74, 6) is -0.216. The average Bonchev–Trinajstić information content (AvgIpc) is 2.98. The van der Waals surface area contributed by atoms with Crippen molar-refractivity contribution in [2.45, 2.75) is 0 Å². The first kappa shape index (κ1) is 12.1. The Kier molecular flexibility index (Phi) is 3.01. The minimum Gasteiger partial charge on any atom is -0.478 e. The van der Waals surface area contributed by atoms with Gasteiger partial charge in [0, 0.05) is 11.1 Å². The Bertz CT molecular complexity index is 751. The van der Waals surface area contributed by atoms with E-state index in [1.165, 1.54) is 12.1 Å². The summed E-state index contributed by atoms with van der Waals surface area (Å²) in [5, 5.41) is 12.9. The standard InChI is InChI=1S/C15H10N2O3/c18-15(19)12-8-4-7-11(9-12)13-16-14(20-17-13)10-5-2-1-3-6-10/h1-9H,(H,18,19). The van der Waals surface area contributed by atoms with Crippen molar-refractivity contribution < 1.29 is 14.4 Å². The Morgan fingerprint density at radius 1 is 1.00 bits per heavy atom. The van der Waals surface area contributed by atoms with Gasteiger partial charge in [-0.1, -0.05) is 35.5 Å². The third kappa shape index (κ3) is 2.29. The lowest BCUT2D eigenvalue weighted by Crippen LogP contribution is -1.96. The summed E-state index contributed by atoms with van der Waals surface area (Å²) < 4.78 is 5.20. The molecule has 5 nitrogen and oxygen atoms in total. The SMILES string of the molecule is O=C(O)c1cccc(-c2noc(-c3ccccc3)n2)c1. The number of carbonyl (C=O) groups is 1. The van der Waals surface area contributed by atoms with E-state index in [0.29, 0.717) is 17.3 Å². The van der Waals surface area contributed by atoms with Gasteiger partial charge < -0.3 is 9.63 Å². The molecule has 20 heavy (non-hydrogen) atoms. The number of hydrogen-bond acceptors (Lipinski definition) is 4. The summed E-state index contributed by atoms with van der Waals surface area (Å²) in [4.78, 5) is 15.2. The van der Waals surface area contributed by atoms with E-state index in [2.05, 4.69) is 10.1 Å². The average molecular weight is 266 g/mol. The zero-order valence-electron chi connectivity index (χ0n) is 10.4. The van der Waals surface area contributed by atoms with Crippen LogP contribution in [0.4, 0.5) is 0 Å². The van der Waals surface area contributed by atoms with Crippen molar-refractivity contribution in [2.75, 3.05) is 0 Å². The van der Waals surface area contributed by atoms with Gasteiger partial charge in [-0.3, -0.25) is 0 Å². The summed E-state index contributed by atoms with van der Waals surface area (Å²) in [5.41, 5.74) is 1.62. The summed E-state index contributed by atoms with van der Waals surface area (Å²) in [6, 6.07) is 15.8. The van der Waals surface area contributed by atoms with Gasteiger partial charge in [-0.2, -0.15) is 4.98 Å². The van der Waals surface area contributed by atoms with Crippen LogP contribution in [0.2, 0.25) is 0 Å². The Labute approximate surface area is 114 Å². The molecule has 3 aromatic rings. The van der Waals surface area contributed by atoms with E-state index in [1.807, 2.05) is 30.3 Å². The second-order valence-corrected chi connectivity index (χ2v) is 4.18. The summed E-state index contributed by atoms with van der Waals surface area (Å²) in [6.45, 7) is 0. The number of hydrogen-bond donors (Lipinski definition) is 1. The van der Waals surface area contributed by atoms with Gasteiger partial charge in [-0.05, 0) is 24.3 Å². The number of benzene rings is 2. The first-order valence-electron chi connectivity index (χ1n) is 5.97. The number of aromatic nitrogens is 2. The van der Waals surface area contributed by atoms with Crippen LogP contribution in [-0.4, -0.2) is 21.2 Å². The Morgan fingerprint density at radius 3 is 2.50 bits per heavy atom. The monoisotopic (exact) mass is 266 g/mol. The third-order valence-corrected chi connectivity index (χ3v) is 2.81. The molecule has 1 aromatic heterocycles. The predicted octanol–water partition coefficient (Wildman–Crippen LogP) is 3.10. The molecular weight excluding hydrogens is 256 g/mol. The van der Waals surface area contributed by atoms with Gasteiger partial charge in [-0.15, -0.1) is 0 Å². The van der Waals surface area contributed by atoms with E-state index in [9.17, 15) is 4.79 Å². The van der Waals surface area contributed by atoms with Crippen LogP contribution in [0.3, 0.4) is 0 Å². The molecule has 2 aromatic carbocycles. The molecule has 0 unspecified atom stereocenters. The van der Waals surface area contributed by atoms with E-state index in [4.69, 9.17) is 9.63 Å². The highest BCUT2D eigenvalue weighted by molar-refractivity contribution is 5.89. The van der Waals surface area contributed by atoms with Crippen LogP contribution in [0, 0.1) is 0 Å². The first-order chi connectivity index (χ1) is 9.74. The van der Waals surface area contributed by atoms with Crippen LogP contribution in [0.5, 0.6) is 0 Å². The number of rotatable bonds is 3. The van der Waals surface area contributed by atoms with Crippen LogP contribution in [0.15, 0.2) is 59.1 Å². The lowest BCUT2D eigenvalue weighted by atomic mass is 10.1. The largest absolute Gasteiger partial charge is 0.478 e. The number of carboxylic acids is 1. The second-order valence-electron chi connectivity index (χ2n) is 4.18. The third-order valence-electron chi connectivity index (χ3n) is 2.81. The normalized spacial score (nSPS) is 10.4.